The van der Waals surface area contributed by atoms with Crippen LogP contribution < -0.4 is 4.74 Å². The number of ether oxygens (including phenoxy) is 1. The van der Waals surface area contributed by atoms with Crippen LogP contribution in [0, 0.1) is 5.82 Å². The molecule has 0 atom stereocenters. The Morgan fingerprint density at radius 1 is 1.11 bits per heavy atom. The first kappa shape index (κ1) is 25.2. The highest BCUT2D eigenvalue weighted by Gasteiger charge is 2.33. The zero-order valence-corrected chi connectivity index (χ0v) is 22.1. The number of carbonyl (C=O) groups excluding carboxylic acids is 1. The molecule has 5 nitrogen and oxygen atoms in total. The summed E-state index contributed by atoms with van der Waals surface area (Å²) in [5, 5.41) is 5.31. The van der Waals surface area contributed by atoms with Crippen LogP contribution in [-0.2, 0) is 11.3 Å². The second-order valence-corrected chi connectivity index (χ2v) is 10.2. The number of carbonyl (C=O) groups is 1. The Kier molecular flexibility index (Phi) is 7.41. The number of halogens is 2. The smallest absolute Gasteiger partial charge is 0.266 e. The fraction of sp³-hybridized carbons (Fsp3) is 0.107. The highest BCUT2D eigenvalue weighted by Crippen LogP contribution is 2.36. The number of nitrogens with zero attached hydrogens (tertiary/aromatic N) is 3. The Morgan fingerprint density at radius 3 is 2.59 bits per heavy atom. The summed E-state index contributed by atoms with van der Waals surface area (Å²) >= 11 is 13.0. The lowest BCUT2D eigenvalue weighted by Crippen LogP contribution is -2.27. The van der Waals surface area contributed by atoms with Gasteiger partial charge in [-0.3, -0.25) is 9.69 Å². The molecule has 1 amide bonds. The summed E-state index contributed by atoms with van der Waals surface area (Å²) in [6.45, 7) is 2.44. The van der Waals surface area contributed by atoms with E-state index in [2.05, 4.69) is 0 Å². The van der Waals surface area contributed by atoms with E-state index >= 15 is 0 Å². The van der Waals surface area contributed by atoms with Crippen LogP contribution in [0.2, 0.25) is 5.02 Å². The summed E-state index contributed by atoms with van der Waals surface area (Å²) in [4.78, 5) is 15.3. The zero-order valence-electron chi connectivity index (χ0n) is 19.7. The van der Waals surface area contributed by atoms with Crippen LogP contribution in [0.25, 0.3) is 23.0 Å². The Morgan fingerprint density at radius 2 is 1.86 bits per heavy atom. The molecule has 0 aliphatic carbocycles. The normalized spacial score (nSPS) is 14.6. The van der Waals surface area contributed by atoms with Crippen molar-refractivity contribution in [1.82, 2.24) is 14.7 Å². The van der Waals surface area contributed by atoms with Crippen LogP contribution in [0.3, 0.4) is 0 Å². The molecule has 0 saturated carbocycles. The molecule has 9 heteroatoms. The van der Waals surface area contributed by atoms with E-state index in [9.17, 15) is 9.18 Å². The monoisotopic (exact) mass is 549 g/mol. The average Bonchev–Trinajstić information content (AvgIpc) is 3.43. The number of thiocarbonyl (C=S) groups is 1. The van der Waals surface area contributed by atoms with Crippen molar-refractivity contribution in [2.24, 2.45) is 0 Å². The first-order valence-electron chi connectivity index (χ1n) is 11.5. The van der Waals surface area contributed by atoms with Crippen LogP contribution >= 0.6 is 35.6 Å². The van der Waals surface area contributed by atoms with E-state index in [1.807, 2.05) is 54.7 Å². The van der Waals surface area contributed by atoms with Gasteiger partial charge in [0.25, 0.3) is 5.91 Å². The van der Waals surface area contributed by atoms with Crippen LogP contribution in [0.1, 0.15) is 18.1 Å². The second-order valence-electron chi connectivity index (χ2n) is 8.15. The number of hydrogen-bond acceptors (Lipinski definition) is 5. The molecule has 1 fully saturated rings. The van der Waals surface area contributed by atoms with Gasteiger partial charge in [0.15, 0.2) is 11.6 Å². The maximum absolute atomic E-state index is 14.7. The summed E-state index contributed by atoms with van der Waals surface area (Å²) in [7, 11) is 0. The fourth-order valence-electron chi connectivity index (χ4n) is 3.93. The quantitative estimate of drug-likeness (QED) is 0.181. The van der Waals surface area contributed by atoms with Crippen LogP contribution in [0.15, 0.2) is 83.9 Å². The minimum atomic E-state index is -0.481. The fourth-order valence-corrected chi connectivity index (χ4v) is 5.37. The van der Waals surface area contributed by atoms with Gasteiger partial charge >= 0.3 is 0 Å². The molecule has 4 aromatic rings. The van der Waals surface area contributed by atoms with E-state index in [-0.39, 0.29) is 18.2 Å². The lowest BCUT2D eigenvalue weighted by Gasteiger charge is -2.15. The second kappa shape index (κ2) is 10.9. The average molecular weight is 550 g/mol. The molecule has 0 spiro atoms. The number of amides is 1. The van der Waals surface area contributed by atoms with E-state index in [0.717, 1.165) is 11.3 Å². The van der Waals surface area contributed by atoms with Crippen molar-refractivity contribution < 1.29 is 13.9 Å². The van der Waals surface area contributed by atoms with Crippen molar-refractivity contribution in [3.8, 4) is 22.7 Å². The molecule has 2 heterocycles. The van der Waals surface area contributed by atoms with Gasteiger partial charge in [0.2, 0.25) is 0 Å². The molecule has 5 rings (SSSR count). The van der Waals surface area contributed by atoms with Crippen molar-refractivity contribution in [3.05, 3.63) is 106 Å². The Labute approximate surface area is 228 Å². The maximum atomic E-state index is 14.7. The molecule has 1 saturated heterocycles. The predicted molar refractivity (Wildman–Crippen MR) is 150 cm³/mol. The third-order valence-electron chi connectivity index (χ3n) is 5.71. The largest absolute Gasteiger partial charge is 0.491 e. The van der Waals surface area contributed by atoms with Gasteiger partial charge in [-0.15, -0.1) is 0 Å². The lowest BCUT2D eigenvalue weighted by atomic mass is 10.1. The number of rotatable bonds is 7. The van der Waals surface area contributed by atoms with Crippen LogP contribution in [0.5, 0.6) is 5.75 Å². The third kappa shape index (κ3) is 5.32. The topological polar surface area (TPSA) is 47.4 Å². The molecule has 186 valence electrons. The van der Waals surface area contributed by atoms with Crippen molar-refractivity contribution in [3.63, 3.8) is 0 Å². The molecule has 1 aromatic heterocycles. The van der Waals surface area contributed by atoms with E-state index in [1.54, 1.807) is 35.9 Å². The molecular weight excluding hydrogens is 529 g/mol. The summed E-state index contributed by atoms with van der Waals surface area (Å²) in [5.74, 6) is -0.521. The molecule has 0 N–H and O–H groups in total. The van der Waals surface area contributed by atoms with Gasteiger partial charge < -0.3 is 4.74 Å². The Balaban J connectivity index is 1.53. The number of benzene rings is 3. The Hall–Kier alpha value is -3.46. The number of aromatic nitrogens is 2. The molecule has 37 heavy (non-hydrogen) atoms. The number of hydrogen-bond donors (Lipinski definition) is 0. The number of thioether (sulfide) groups is 1. The highest BCUT2D eigenvalue weighted by molar-refractivity contribution is 8.26. The number of para-hydroxylation sites is 1. The van der Waals surface area contributed by atoms with Gasteiger partial charge in [-0.05, 0) is 55.0 Å². The van der Waals surface area contributed by atoms with Crippen molar-refractivity contribution in [1.29, 1.82) is 0 Å². The summed E-state index contributed by atoms with van der Waals surface area (Å²) in [6.07, 6.45) is 3.57. The highest BCUT2D eigenvalue weighted by atomic mass is 35.5. The molecule has 3 aromatic carbocycles. The van der Waals surface area contributed by atoms with Gasteiger partial charge in [0, 0.05) is 22.3 Å². The van der Waals surface area contributed by atoms with Crippen LogP contribution in [-0.4, -0.2) is 31.5 Å². The maximum Gasteiger partial charge on any atom is 0.266 e. The summed E-state index contributed by atoms with van der Waals surface area (Å²) in [6, 6.07) is 21.7. The van der Waals surface area contributed by atoms with Gasteiger partial charge in [0.05, 0.1) is 23.7 Å². The van der Waals surface area contributed by atoms with Crippen LogP contribution in [0.4, 0.5) is 4.39 Å². The van der Waals surface area contributed by atoms with Gasteiger partial charge in [-0.1, -0.05) is 72.0 Å². The van der Waals surface area contributed by atoms with Crippen molar-refractivity contribution in [2.75, 3.05) is 6.61 Å². The Bertz CT molecular complexity index is 1520. The van der Waals surface area contributed by atoms with E-state index in [4.69, 9.17) is 33.7 Å². The molecule has 0 radical (unpaired) electrons. The molecule has 0 unspecified atom stereocenters. The minimum Gasteiger partial charge on any atom is -0.491 e. The van der Waals surface area contributed by atoms with E-state index in [0.29, 0.717) is 37.7 Å². The molecular formula is C28H21ClFN3O2S2. The van der Waals surface area contributed by atoms with Gasteiger partial charge in [-0.2, -0.15) is 5.10 Å². The zero-order chi connectivity index (χ0) is 25.9. The minimum absolute atomic E-state index is 0.177. The first-order chi connectivity index (χ1) is 17.9. The molecule has 1 aliphatic rings. The predicted octanol–water partition coefficient (Wildman–Crippen LogP) is 7.13. The SMILES string of the molecule is CCOc1ccc(-c2nn(-c3ccccc3)cc2/C=C2\SC(=S)N(Cc3ccccc3Cl)C2=O)cc1F. The van der Waals surface area contributed by atoms with Crippen molar-refractivity contribution >= 4 is 51.9 Å². The van der Waals surface area contributed by atoms with Gasteiger partial charge in [0.1, 0.15) is 10.0 Å². The standard InChI is InChI=1S/C28H21ClFN3O2S2/c1-2-35-24-13-12-18(14-23(24)30)26-20(17-33(31-26)21-9-4-3-5-10-21)15-25-27(34)32(28(36)37-25)16-19-8-6-7-11-22(19)29/h3-15,17H,2,16H2,1H3/b25-15-. The van der Waals surface area contributed by atoms with Crippen molar-refractivity contribution in [2.45, 2.75) is 13.5 Å². The first-order valence-corrected chi connectivity index (χ1v) is 13.1. The van der Waals surface area contributed by atoms with Gasteiger partial charge in [-0.25, -0.2) is 9.07 Å². The molecule has 0 bridgehead atoms. The lowest BCUT2D eigenvalue weighted by molar-refractivity contribution is -0.122. The summed E-state index contributed by atoms with van der Waals surface area (Å²) < 4.78 is 22.2. The van der Waals surface area contributed by atoms with E-state index in [1.165, 1.54) is 22.7 Å². The van der Waals surface area contributed by atoms with E-state index < -0.39 is 5.82 Å². The summed E-state index contributed by atoms with van der Waals surface area (Å²) in [5.41, 5.74) is 3.39. The molecule has 1 aliphatic heterocycles. The third-order valence-corrected chi connectivity index (χ3v) is 7.46.